The Labute approximate surface area is 113 Å². The number of hydrogen-bond acceptors (Lipinski definition) is 3. The molecule has 1 heterocycles. The van der Waals surface area contributed by atoms with E-state index in [-0.39, 0.29) is 11.6 Å². The first kappa shape index (κ1) is 13.7. The van der Waals surface area contributed by atoms with E-state index in [0.717, 1.165) is 29.4 Å². The highest BCUT2D eigenvalue weighted by atomic mass is 35.5. The van der Waals surface area contributed by atoms with Crippen LogP contribution in [0, 0.1) is 0 Å². The molecule has 1 atom stereocenters. The van der Waals surface area contributed by atoms with Crippen molar-refractivity contribution in [2.45, 2.75) is 38.3 Å². The van der Waals surface area contributed by atoms with Crippen molar-refractivity contribution in [1.82, 2.24) is 0 Å². The first-order valence-corrected chi connectivity index (χ1v) is 6.56. The maximum Gasteiger partial charge on any atom is 0.125 e. The monoisotopic (exact) mass is 269 g/mol. The van der Waals surface area contributed by atoms with Gasteiger partial charge in [0.1, 0.15) is 5.75 Å². The van der Waals surface area contributed by atoms with Crippen molar-refractivity contribution in [3.05, 3.63) is 28.3 Å². The minimum absolute atomic E-state index is 0.103. The van der Waals surface area contributed by atoms with Crippen molar-refractivity contribution in [1.29, 1.82) is 0 Å². The quantitative estimate of drug-likeness (QED) is 0.914. The molecule has 1 unspecified atom stereocenters. The third-order valence-corrected chi connectivity index (χ3v) is 3.90. The Kier molecular flexibility index (Phi) is 3.85. The minimum atomic E-state index is -0.367. The summed E-state index contributed by atoms with van der Waals surface area (Å²) in [5, 5.41) is 0.747. The molecular weight excluding hydrogens is 250 g/mol. The van der Waals surface area contributed by atoms with Gasteiger partial charge in [0.05, 0.1) is 12.2 Å². The molecular formula is C14H20ClNO2. The zero-order valence-corrected chi connectivity index (χ0v) is 11.9. The molecule has 4 heteroatoms. The summed E-state index contributed by atoms with van der Waals surface area (Å²) in [6.07, 6.45) is 1.62. The molecule has 3 nitrogen and oxygen atoms in total. The van der Waals surface area contributed by atoms with Crippen LogP contribution in [-0.2, 0) is 17.6 Å². The second kappa shape index (κ2) is 5.08. The summed E-state index contributed by atoms with van der Waals surface area (Å²) in [6, 6.07) is 3.81. The van der Waals surface area contributed by atoms with Crippen LogP contribution >= 0.6 is 11.6 Å². The van der Waals surface area contributed by atoms with E-state index in [0.29, 0.717) is 6.42 Å². The van der Waals surface area contributed by atoms with Crippen molar-refractivity contribution in [3.63, 3.8) is 0 Å². The maximum atomic E-state index is 6.21. The summed E-state index contributed by atoms with van der Waals surface area (Å²) in [5.41, 5.74) is 8.10. The molecule has 1 aromatic rings. The van der Waals surface area contributed by atoms with Crippen LogP contribution < -0.4 is 10.5 Å². The van der Waals surface area contributed by atoms with Gasteiger partial charge in [-0.05, 0) is 43.5 Å². The van der Waals surface area contributed by atoms with Crippen LogP contribution in [0.5, 0.6) is 5.75 Å². The fourth-order valence-corrected chi connectivity index (χ4v) is 2.40. The lowest BCUT2D eigenvalue weighted by molar-refractivity contribution is 0.000700. The van der Waals surface area contributed by atoms with Crippen molar-refractivity contribution >= 4 is 11.6 Å². The summed E-state index contributed by atoms with van der Waals surface area (Å²) >= 11 is 6.13. The average molecular weight is 270 g/mol. The summed E-state index contributed by atoms with van der Waals surface area (Å²) in [5.74, 6) is 0.960. The predicted octanol–water partition coefficient (Wildman–Crippen LogP) is 2.57. The van der Waals surface area contributed by atoms with Crippen LogP contribution in [0.1, 0.15) is 25.0 Å². The molecule has 0 amide bonds. The Morgan fingerprint density at radius 3 is 2.89 bits per heavy atom. The minimum Gasteiger partial charge on any atom is -0.493 e. The fourth-order valence-electron chi connectivity index (χ4n) is 2.13. The number of benzene rings is 1. The topological polar surface area (TPSA) is 44.5 Å². The lowest BCUT2D eigenvalue weighted by Gasteiger charge is -2.30. The normalized spacial score (nSPS) is 16.3. The first-order valence-electron chi connectivity index (χ1n) is 6.19. The molecule has 0 bridgehead atoms. The van der Waals surface area contributed by atoms with E-state index in [1.165, 1.54) is 5.56 Å². The first-order chi connectivity index (χ1) is 8.44. The van der Waals surface area contributed by atoms with E-state index >= 15 is 0 Å². The molecule has 0 spiro atoms. The average Bonchev–Trinajstić information content (AvgIpc) is 2.76. The number of ether oxygens (including phenoxy) is 2. The molecule has 0 fully saturated rings. The van der Waals surface area contributed by atoms with E-state index < -0.39 is 0 Å². The Hall–Kier alpha value is -0.770. The Balaban J connectivity index is 2.25. The molecule has 1 aliphatic rings. The highest BCUT2D eigenvalue weighted by Gasteiger charge is 2.28. The number of rotatable bonds is 4. The molecule has 1 aliphatic heterocycles. The Morgan fingerprint density at radius 1 is 1.50 bits per heavy atom. The number of hydrogen-bond donors (Lipinski definition) is 1. The molecule has 0 radical (unpaired) electrons. The summed E-state index contributed by atoms with van der Waals surface area (Å²) < 4.78 is 11.1. The molecule has 0 aromatic heterocycles. The summed E-state index contributed by atoms with van der Waals surface area (Å²) in [6.45, 7) is 4.71. The molecule has 100 valence electrons. The number of nitrogens with two attached hydrogens (primary N) is 1. The van der Waals surface area contributed by atoms with Crippen LogP contribution in [0.4, 0.5) is 0 Å². The number of fused-ring (bicyclic) bond motifs is 1. The SMILES string of the molecule is COC(C)(C)C(N)Cc1cc(Cl)cc2c1OCC2. The van der Waals surface area contributed by atoms with Crippen LogP contribution in [0.15, 0.2) is 12.1 Å². The fraction of sp³-hybridized carbons (Fsp3) is 0.571. The van der Waals surface area contributed by atoms with Gasteiger partial charge in [-0.2, -0.15) is 0 Å². The van der Waals surface area contributed by atoms with Gasteiger partial charge in [0, 0.05) is 24.6 Å². The van der Waals surface area contributed by atoms with Crippen molar-refractivity contribution in [2.24, 2.45) is 5.73 Å². The van der Waals surface area contributed by atoms with E-state index in [9.17, 15) is 0 Å². The zero-order chi connectivity index (χ0) is 13.3. The summed E-state index contributed by atoms with van der Waals surface area (Å²) in [4.78, 5) is 0. The van der Waals surface area contributed by atoms with Crippen molar-refractivity contribution in [2.75, 3.05) is 13.7 Å². The molecule has 2 N–H and O–H groups in total. The Morgan fingerprint density at radius 2 is 2.22 bits per heavy atom. The smallest absolute Gasteiger partial charge is 0.125 e. The van der Waals surface area contributed by atoms with Gasteiger partial charge in [-0.15, -0.1) is 0 Å². The van der Waals surface area contributed by atoms with Crippen LogP contribution in [0.25, 0.3) is 0 Å². The van der Waals surface area contributed by atoms with E-state index in [1.807, 2.05) is 26.0 Å². The highest BCUT2D eigenvalue weighted by Crippen LogP contribution is 2.34. The zero-order valence-electron chi connectivity index (χ0n) is 11.1. The Bertz CT molecular complexity index is 446. The molecule has 0 saturated carbocycles. The van der Waals surface area contributed by atoms with Gasteiger partial charge in [-0.25, -0.2) is 0 Å². The lowest BCUT2D eigenvalue weighted by atomic mass is 9.92. The van der Waals surface area contributed by atoms with E-state index in [2.05, 4.69) is 0 Å². The molecule has 0 saturated heterocycles. The van der Waals surface area contributed by atoms with Gasteiger partial charge in [-0.1, -0.05) is 11.6 Å². The van der Waals surface area contributed by atoms with Gasteiger partial charge >= 0.3 is 0 Å². The van der Waals surface area contributed by atoms with Gasteiger partial charge < -0.3 is 15.2 Å². The second-order valence-corrected chi connectivity index (χ2v) is 5.71. The molecule has 18 heavy (non-hydrogen) atoms. The highest BCUT2D eigenvalue weighted by molar-refractivity contribution is 6.30. The van der Waals surface area contributed by atoms with Gasteiger partial charge in [0.15, 0.2) is 0 Å². The standard InChI is InChI=1S/C14H20ClNO2/c1-14(2,17-3)12(16)8-10-7-11(15)6-9-4-5-18-13(9)10/h6-7,12H,4-5,8,16H2,1-3H3. The van der Waals surface area contributed by atoms with Crippen LogP contribution in [-0.4, -0.2) is 25.4 Å². The van der Waals surface area contributed by atoms with Crippen molar-refractivity contribution < 1.29 is 9.47 Å². The van der Waals surface area contributed by atoms with Gasteiger partial charge in [-0.3, -0.25) is 0 Å². The largest absolute Gasteiger partial charge is 0.493 e. The third kappa shape index (κ3) is 2.63. The molecule has 1 aromatic carbocycles. The molecule has 2 rings (SSSR count). The molecule has 0 aliphatic carbocycles. The van der Waals surface area contributed by atoms with Gasteiger partial charge in [0.25, 0.3) is 0 Å². The number of halogens is 1. The van der Waals surface area contributed by atoms with E-state index in [1.54, 1.807) is 7.11 Å². The van der Waals surface area contributed by atoms with Gasteiger partial charge in [0.2, 0.25) is 0 Å². The lowest BCUT2D eigenvalue weighted by Crippen LogP contribution is -2.46. The maximum absolute atomic E-state index is 6.21. The summed E-state index contributed by atoms with van der Waals surface area (Å²) in [7, 11) is 1.68. The predicted molar refractivity (Wildman–Crippen MR) is 73.4 cm³/mol. The second-order valence-electron chi connectivity index (χ2n) is 5.27. The van der Waals surface area contributed by atoms with Crippen molar-refractivity contribution in [3.8, 4) is 5.75 Å². The van der Waals surface area contributed by atoms with E-state index in [4.69, 9.17) is 26.8 Å². The number of methoxy groups -OCH3 is 1. The third-order valence-electron chi connectivity index (χ3n) is 3.68. The van der Waals surface area contributed by atoms with Crippen LogP contribution in [0.3, 0.4) is 0 Å². The van der Waals surface area contributed by atoms with Crippen LogP contribution in [0.2, 0.25) is 5.02 Å².